The van der Waals surface area contributed by atoms with Crippen LogP contribution in [0, 0.1) is 6.92 Å². The first-order valence-corrected chi connectivity index (χ1v) is 5.48. The number of aliphatic hydroxyl groups is 1. The lowest BCUT2D eigenvalue weighted by molar-refractivity contribution is 0.0874. The summed E-state index contributed by atoms with van der Waals surface area (Å²) >= 11 is 0. The Balaban J connectivity index is 2.22. The molecule has 0 unspecified atom stereocenters. The van der Waals surface area contributed by atoms with Crippen molar-refractivity contribution in [3.05, 3.63) is 17.5 Å². The molecule has 0 aromatic carbocycles. The second kappa shape index (κ2) is 3.94. The van der Waals surface area contributed by atoms with E-state index in [4.69, 9.17) is 10.3 Å². The minimum absolute atomic E-state index is 0.0967. The molecule has 1 fully saturated rings. The molecule has 0 saturated heterocycles. The van der Waals surface area contributed by atoms with E-state index in [0.29, 0.717) is 6.54 Å². The number of nitrogens with zero attached hydrogens (tertiary/aromatic N) is 1. The third kappa shape index (κ3) is 1.92. The molecule has 2 rings (SSSR count). The molecule has 3 N–H and O–H groups in total. The molecule has 0 aliphatic heterocycles. The molecule has 0 spiro atoms. The third-order valence-corrected chi connectivity index (χ3v) is 3.45. The highest BCUT2D eigenvalue weighted by Gasteiger charge is 2.38. The van der Waals surface area contributed by atoms with Gasteiger partial charge in [0.15, 0.2) is 0 Å². The van der Waals surface area contributed by atoms with Gasteiger partial charge in [0.1, 0.15) is 5.76 Å². The number of aryl methyl sites for hydroxylation is 1. The molecule has 1 saturated carbocycles. The van der Waals surface area contributed by atoms with Gasteiger partial charge < -0.3 is 15.4 Å². The van der Waals surface area contributed by atoms with Crippen LogP contribution in [0.4, 0.5) is 0 Å². The van der Waals surface area contributed by atoms with Crippen LogP contribution in [0.1, 0.15) is 37.1 Å². The van der Waals surface area contributed by atoms with Crippen LogP contribution >= 0.6 is 0 Å². The molecule has 0 bridgehead atoms. The molecule has 1 aromatic rings. The van der Waals surface area contributed by atoms with Gasteiger partial charge in [0, 0.05) is 18.0 Å². The Hall–Kier alpha value is -0.870. The third-order valence-electron chi connectivity index (χ3n) is 3.45. The van der Waals surface area contributed by atoms with Gasteiger partial charge in [0.25, 0.3) is 0 Å². The van der Waals surface area contributed by atoms with Crippen molar-refractivity contribution in [1.82, 2.24) is 5.16 Å². The highest BCUT2D eigenvalue weighted by molar-refractivity contribution is 5.17. The molecular weight excluding hydrogens is 192 g/mol. The van der Waals surface area contributed by atoms with E-state index in [1.165, 1.54) is 0 Å². The maximum atomic E-state index is 9.50. The molecule has 4 nitrogen and oxygen atoms in total. The van der Waals surface area contributed by atoms with Gasteiger partial charge in [-0.1, -0.05) is 5.16 Å². The van der Waals surface area contributed by atoms with Gasteiger partial charge in [-0.2, -0.15) is 0 Å². The Bertz CT molecular complexity index is 327. The van der Waals surface area contributed by atoms with E-state index in [9.17, 15) is 5.11 Å². The van der Waals surface area contributed by atoms with Gasteiger partial charge in [0.05, 0.1) is 11.8 Å². The van der Waals surface area contributed by atoms with Crippen molar-refractivity contribution in [3.8, 4) is 0 Å². The first kappa shape index (κ1) is 10.6. The smallest absolute Gasteiger partial charge is 0.144 e. The Labute approximate surface area is 89.4 Å². The SMILES string of the molecule is Cc1cc(C2(CN)CCC(O)CC2)on1. The van der Waals surface area contributed by atoms with Crippen molar-refractivity contribution in [2.75, 3.05) is 6.54 Å². The topological polar surface area (TPSA) is 72.3 Å². The molecule has 1 aliphatic rings. The molecular formula is C11H18N2O2. The standard InChI is InChI=1S/C11H18N2O2/c1-8-6-10(15-13-8)11(7-12)4-2-9(14)3-5-11/h6,9,14H,2-5,7,12H2,1H3. The van der Waals surface area contributed by atoms with Crippen molar-refractivity contribution < 1.29 is 9.63 Å². The molecule has 0 amide bonds. The molecule has 1 aliphatic carbocycles. The summed E-state index contributed by atoms with van der Waals surface area (Å²) in [4.78, 5) is 0. The number of aliphatic hydroxyl groups excluding tert-OH is 1. The van der Waals surface area contributed by atoms with E-state index in [1.807, 2.05) is 13.0 Å². The zero-order valence-corrected chi connectivity index (χ0v) is 9.07. The normalized spacial score (nSPS) is 31.8. The minimum atomic E-state index is -0.173. The second-order valence-corrected chi connectivity index (χ2v) is 4.55. The van der Waals surface area contributed by atoms with Crippen molar-refractivity contribution >= 4 is 0 Å². The van der Waals surface area contributed by atoms with E-state index in [1.54, 1.807) is 0 Å². The lowest BCUT2D eigenvalue weighted by Gasteiger charge is -2.35. The Kier molecular flexibility index (Phi) is 2.80. The lowest BCUT2D eigenvalue weighted by atomic mass is 9.71. The molecule has 84 valence electrons. The number of aromatic nitrogens is 1. The summed E-state index contributed by atoms with van der Waals surface area (Å²) < 4.78 is 5.32. The molecule has 15 heavy (non-hydrogen) atoms. The highest BCUT2D eigenvalue weighted by Crippen LogP contribution is 2.38. The summed E-state index contributed by atoms with van der Waals surface area (Å²) in [5, 5.41) is 13.4. The quantitative estimate of drug-likeness (QED) is 0.767. The average molecular weight is 210 g/mol. The number of hydrogen-bond acceptors (Lipinski definition) is 4. The molecule has 0 radical (unpaired) electrons. The van der Waals surface area contributed by atoms with Crippen LogP contribution in [0.3, 0.4) is 0 Å². The van der Waals surface area contributed by atoms with Gasteiger partial charge in [-0.25, -0.2) is 0 Å². The fraction of sp³-hybridized carbons (Fsp3) is 0.727. The fourth-order valence-electron chi connectivity index (χ4n) is 2.32. The monoisotopic (exact) mass is 210 g/mol. The van der Waals surface area contributed by atoms with Gasteiger partial charge in [0.2, 0.25) is 0 Å². The number of nitrogens with two attached hydrogens (primary N) is 1. The van der Waals surface area contributed by atoms with Crippen LogP contribution < -0.4 is 5.73 Å². The van der Waals surface area contributed by atoms with E-state index >= 15 is 0 Å². The fourth-order valence-corrected chi connectivity index (χ4v) is 2.32. The van der Waals surface area contributed by atoms with Crippen molar-refractivity contribution in [2.24, 2.45) is 5.73 Å². The van der Waals surface area contributed by atoms with Crippen LogP contribution in [-0.4, -0.2) is 22.9 Å². The maximum absolute atomic E-state index is 9.50. The molecule has 1 heterocycles. The summed E-state index contributed by atoms with van der Waals surface area (Å²) in [7, 11) is 0. The maximum Gasteiger partial charge on any atom is 0.144 e. The molecule has 0 atom stereocenters. The van der Waals surface area contributed by atoms with Crippen LogP contribution in [0.5, 0.6) is 0 Å². The number of rotatable bonds is 2. The van der Waals surface area contributed by atoms with E-state index in [-0.39, 0.29) is 11.5 Å². The Morgan fingerprint density at radius 3 is 2.73 bits per heavy atom. The Morgan fingerprint density at radius 2 is 2.27 bits per heavy atom. The van der Waals surface area contributed by atoms with Crippen molar-refractivity contribution in [3.63, 3.8) is 0 Å². The summed E-state index contributed by atoms with van der Waals surface area (Å²) in [5.74, 6) is 0.884. The minimum Gasteiger partial charge on any atom is -0.393 e. The van der Waals surface area contributed by atoms with Crippen LogP contribution in [-0.2, 0) is 5.41 Å². The van der Waals surface area contributed by atoms with E-state index < -0.39 is 0 Å². The van der Waals surface area contributed by atoms with Crippen LogP contribution in [0.25, 0.3) is 0 Å². The summed E-state index contributed by atoms with van der Waals surface area (Å²) in [6.07, 6.45) is 3.21. The first-order chi connectivity index (χ1) is 7.16. The van der Waals surface area contributed by atoms with Gasteiger partial charge in [-0.15, -0.1) is 0 Å². The van der Waals surface area contributed by atoms with Gasteiger partial charge in [-0.05, 0) is 32.6 Å². The van der Waals surface area contributed by atoms with E-state index in [0.717, 1.165) is 37.1 Å². The van der Waals surface area contributed by atoms with Crippen LogP contribution in [0.2, 0.25) is 0 Å². The largest absolute Gasteiger partial charge is 0.393 e. The molecule has 4 heteroatoms. The van der Waals surface area contributed by atoms with Gasteiger partial charge >= 0.3 is 0 Å². The first-order valence-electron chi connectivity index (χ1n) is 5.48. The van der Waals surface area contributed by atoms with Crippen molar-refractivity contribution in [1.29, 1.82) is 0 Å². The van der Waals surface area contributed by atoms with Crippen molar-refractivity contribution in [2.45, 2.75) is 44.1 Å². The predicted molar refractivity (Wildman–Crippen MR) is 56.4 cm³/mol. The van der Waals surface area contributed by atoms with Gasteiger partial charge in [-0.3, -0.25) is 0 Å². The molecule has 1 aromatic heterocycles. The zero-order chi connectivity index (χ0) is 10.9. The summed E-state index contributed by atoms with van der Waals surface area (Å²) in [6, 6.07) is 1.96. The lowest BCUT2D eigenvalue weighted by Crippen LogP contribution is -2.39. The summed E-state index contributed by atoms with van der Waals surface area (Å²) in [6.45, 7) is 2.48. The summed E-state index contributed by atoms with van der Waals surface area (Å²) in [5.41, 5.74) is 6.65. The predicted octanol–water partition coefficient (Wildman–Crippen LogP) is 1.11. The van der Waals surface area contributed by atoms with Crippen LogP contribution in [0.15, 0.2) is 10.6 Å². The second-order valence-electron chi connectivity index (χ2n) is 4.55. The average Bonchev–Trinajstić information content (AvgIpc) is 2.67. The Morgan fingerprint density at radius 1 is 1.60 bits per heavy atom. The highest BCUT2D eigenvalue weighted by atomic mass is 16.5. The van der Waals surface area contributed by atoms with E-state index in [2.05, 4.69) is 5.16 Å². The number of hydrogen-bond donors (Lipinski definition) is 2. The zero-order valence-electron chi connectivity index (χ0n) is 9.07.